The van der Waals surface area contributed by atoms with Crippen molar-refractivity contribution in [1.29, 1.82) is 0 Å². The quantitative estimate of drug-likeness (QED) is 0.715. The molecule has 0 radical (unpaired) electrons. The smallest absolute Gasteiger partial charge is 0.293 e. The van der Waals surface area contributed by atoms with Crippen LogP contribution in [0, 0.1) is 5.82 Å². The molecule has 1 aromatic heterocycles. The standard InChI is InChI=1S/C19H18FN3O4/c1-11(12-8-9-15(25-2)16(10-12)26-3)21-18(24)17-22-19(27-23-17)13-6-4-5-7-14(13)20/h4-11H,1-3H3,(H,21,24)/t11-/m0/s1. The normalized spacial score (nSPS) is 11.7. The number of hydrogen-bond donors (Lipinski definition) is 1. The van der Waals surface area contributed by atoms with E-state index in [-0.39, 0.29) is 23.3 Å². The molecule has 1 atom stereocenters. The minimum absolute atomic E-state index is 0.0583. The van der Waals surface area contributed by atoms with Gasteiger partial charge in [-0.3, -0.25) is 4.79 Å². The largest absolute Gasteiger partial charge is 0.493 e. The Morgan fingerprint density at radius 2 is 1.89 bits per heavy atom. The van der Waals surface area contributed by atoms with Crippen LogP contribution in [0.25, 0.3) is 11.5 Å². The zero-order valence-corrected chi connectivity index (χ0v) is 15.0. The van der Waals surface area contributed by atoms with Crippen molar-refractivity contribution in [2.45, 2.75) is 13.0 Å². The summed E-state index contributed by atoms with van der Waals surface area (Å²) < 4.78 is 29.3. The molecule has 1 amide bonds. The van der Waals surface area contributed by atoms with Gasteiger partial charge in [-0.15, -0.1) is 0 Å². The first kappa shape index (κ1) is 18.4. The van der Waals surface area contributed by atoms with Gasteiger partial charge in [-0.25, -0.2) is 4.39 Å². The zero-order chi connectivity index (χ0) is 19.4. The highest BCUT2D eigenvalue weighted by atomic mass is 19.1. The third-order valence-electron chi connectivity index (χ3n) is 3.99. The molecule has 0 saturated carbocycles. The van der Waals surface area contributed by atoms with Crippen LogP contribution in [-0.2, 0) is 0 Å². The van der Waals surface area contributed by atoms with Crippen LogP contribution in [0.15, 0.2) is 47.0 Å². The van der Waals surface area contributed by atoms with E-state index in [4.69, 9.17) is 14.0 Å². The Bertz CT molecular complexity index is 958. The molecule has 0 saturated heterocycles. The van der Waals surface area contributed by atoms with E-state index < -0.39 is 11.7 Å². The third kappa shape index (κ3) is 3.89. The summed E-state index contributed by atoms with van der Waals surface area (Å²) in [5.41, 5.74) is 0.941. The van der Waals surface area contributed by atoms with Crippen LogP contribution in [0.1, 0.15) is 29.1 Å². The average Bonchev–Trinajstić information content (AvgIpc) is 3.17. The van der Waals surface area contributed by atoms with Crippen molar-refractivity contribution in [3.8, 4) is 23.0 Å². The second-order valence-corrected chi connectivity index (χ2v) is 5.71. The monoisotopic (exact) mass is 371 g/mol. The van der Waals surface area contributed by atoms with Crippen molar-refractivity contribution in [3.05, 3.63) is 59.7 Å². The van der Waals surface area contributed by atoms with E-state index in [1.165, 1.54) is 19.2 Å². The summed E-state index contributed by atoms with van der Waals surface area (Å²) in [5, 5.41) is 6.40. The van der Waals surface area contributed by atoms with Crippen LogP contribution < -0.4 is 14.8 Å². The first-order chi connectivity index (χ1) is 13.0. The Hall–Kier alpha value is -3.42. The van der Waals surface area contributed by atoms with Crippen LogP contribution in [0.5, 0.6) is 11.5 Å². The maximum absolute atomic E-state index is 13.8. The van der Waals surface area contributed by atoms with Gasteiger partial charge in [-0.05, 0) is 36.8 Å². The maximum Gasteiger partial charge on any atom is 0.293 e. The van der Waals surface area contributed by atoms with E-state index in [9.17, 15) is 9.18 Å². The van der Waals surface area contributed by atoms with E-state index in [1.54, 1.807) is 38.3 Å². The Morgan fingerprint density at radius 1 is 1.15 bits per heavy atom. The molecule has 3 rings (SSSR count). The van der Waals surface area contributed by atoms with E-state index in [2.05, 4.69) is 15.5 Å². The topological polar surface area (TPSA) is 86.5 Å². The number of carbonyl (C=O) groups excluding carboxylic acids is 1. The van der Waals surface area contributed by atoms with E-state index in [0.717, 1.165) is 5.56 Å². The summed E-state index contributed by atoms with van der Waals surface area (Å²) in [7, 11) is 3.08. The van der Waals surface area contributed by atoms with Gasteiger partial charge in [0, 0.05) is 0 Å². The predicted octanol–water partition coefficient (Wildman–Crippen LogP) is 3.38. The van der Waals surface area contributed by atoms with E-state index >= 15 is 0 Å². The van der Waals surface area contributed by atoms with Gasteiger partial charge in [-0.1, -0.05) is 23.4 Å². The predicted molar refractivity (Wildman–Crippen MR) is 95.1 cm³/mol. The second kappa shape index (κ2) is 7.86. The minimum Gasteiger partial charge on any atom is -0.493 e. The number of aromatic nitrogens is 2. The summed E-state index contributed by atoms with van der Waals surface area (Å²) in [6.45, 7) is 1.80. The number of hydrogen-bond acceptors (Lipinski definition) is 6. The van der Waals surface area contributed by atoms with Crippen molar-refractivity contribution in [2.75, 3.05) is 14.2 Å². The highest BCUT2D eigenvalue weighted by molar-refractivity contribution is 5.90. The number of nitrogens with zero attached hydrogens (tertiary/aromatic N) is 2. The number of carbonyl (C=O) groups is 1. The molecular weight excluding hydrogens is 353 g/mol. The van der Waals surface area contributed by atoms with Crippen molar-refractivity contribution in [2.24, 2.45) is 0 Å². The van der Waals surface area contributed by atoms with Gasteiger partial charge in [0.05, 0.1) is 25.8 Å². The highest BCUT2D eigenvalue weighted by Crippen LogP contribution is 2.30. The fourth-order valence-corrected chi connectivity index (χ4v) is 2.53. The molecule has 0 aliphatic carbocycles. The Labute approximate surface area is 155 Å². The third-order valence-corrected chi connectivity index (χ3v) is 3.99. The molecule has 0 aliphatic heterocycles. The second-order valence-electron chi connectivity index (χ2n) is 5.71. The first-order valence-electron chi connectivity index (χ1n) is 8.15. The summed E-state index contributed by atoms with van der Waals surface area (Å²) in [6, 6.07) is 10.9. The maximum atomic E-state index is 13.8. The molecule has 0 bridgehead atoms. The summed E-state index contributed by atoms with van der Waals surface area (Å²) in [5.74, 6) is -0.141. The number of ether oxygens (including phenoxy) is 2. The van der Waals surface area contributed by atoms with Crippen LogP contribution >= 0.6 is 0 Å². The molecule has 8 heteroatoms. The van der Waals surface area contributed by atoms with Gasteiger partial charge < -0.3 is 19.3 Å². The van der Waals surface area contributed by atoms with E-state index in [0.29, 0.717) is 11.5 Å². The Balaban J connectivity index is 1.75. The zero-order valence-electron chi connectivity index (χ0n) is 15.0. The van der Waals surface area contributed by atoms with Crippen LogP contribution in [0.4, 0.5) is 4.39 Å². The van der Waals surface area contributed by atoms with Crippen molar-refractivity contribution >= 4 is 5.91 Å². The van der Waals surface area contributed by atoms with Crippen LogP contribution in [0.3, 0.4) is 0 Å². The lowest BCUT2D eigenvalue weighted by Gasteiger charge is -2.15. The highest BCUT2D eigenvalue weighted by Gasteiger charge is 2.20. The molecule has 0 fully saturated rings. The summed E-state index contributed by atoms with van der Waals surface area (Å²) in [6.07, 6.45) is 0. The van der Waals surface area contributed by atoms with Gasteiger partial charge in [0.25, 0.3) is 17.6 Å². The number of methoxy groups -OCH3 is 2. The van der Waals surface area contributed by atoms with Gasteiger partial charge in [0.2, 0.25) is 0 Å². The van der Waals surface area contributed by atoms with Crippen molar-refractivity contribution in [1.82, 2.24) is 15.5 Å². The minimum atomic E-state index is -0.538. The number of nitrogens with one attached hydrogen (secondary N) is 1. The van der Waals surface area contributed by atoms with Crippen molar-refractivity contribution < 1.29 is 23.2 Å². The van der Waals surface area contributed by atoms with Crippen LogP contribution in [-0.4, -0.2) is 30.3 Å². The molecule has 0 spiro atoms. The van der Waals surface area contributed by atoms with Crippen LogP contribution in [0.2, 0.25) is 0 Å². The fourth-order valence-electron chi connectivity index (χ4n) is 2.53. The molecule has 7 nitrogen and oxygen atoms in total. The first-order valence-corrected chi connectivity index (χ1v) is 8.15. The fraction of sp³-hybridized carbons (Fsp3) is 0.211. The molecule has 3 aromatic rings. The number of benzene rings is 2. The lowest BCUT2D eigenvalue weighted by molar-refractivity contribution is 0.0926. The molecule has 1 heterocycles. The van der Waals surface area contributed by atoms with Gasteiger partial charge in [-0.2, -0.15) is 4.98 Å². The average molecular weight is 371 g/mol. The van der Waals surface area contributed by atoms with Gasteiger partial charge >= 0.3 is 0 Å². The lowest BCUT2D eigenvalue weighted by Crippen LogP contribution is -2.27. The van der Waals surface area contributed by atoms with Gasteiger partial charge in [0.15, 0.2) is 11.5 Å². The molecular formula is C19H18FN3O4. The summed E-state index contributed by atoms with van der Waals surface area (Å²) >= 11 is 0. The number of amides is 1. The molecule has 2 aromatic carbocycles. The molecule has 0 unspecified atom stereocenters. The number of rotatable bonds is 6. The van der Waals surface area contributed by atoms with Crippen molar-refractivity contribution in [3.63, 3.8) is 0 Å². The Kier molecular flexibility index (Phi) is 5.35. The van der Waals surface area contributed by atoms with E-state index in [1.807, 2.05) is 6.07 Å². The number of halogens is 1. The van der Waals surface area contributed by atoms with Gasteiger partial charge in [0.1, 0.15) is 5.82 Å². The molecule has 140 valence electrons. The summed E-state index contributed by atoms with van der Waals surface area (Å²) in [4.78, 5) is 16.4. The SMILES string of the molecule is COc1ccc([C@H](C)NC(=O)c2noc(-c3ccccc3F)n2)cc1OC. The molecule has 27 heavy (non-hydrogen) atoms. The Morgan fingerprint density at radius 3 is 2.59 bits per heavy atom. The molecule has 0 aliphatic rings. The lowest BCUT2D eigenvalue weighted by atomic mass is 10.1. The molecule has 1 N–H and O–H groups in total.